The maximum atomic E-state index is 12.2. The van der Waals surface area contributed by atoms with Gasteiger partial charge in [-0.2, -0.15) is 0 Å². The first-order chi connectivity index (χ1) is 11.3. The zero-order chi connectivity index (χ0) is 17.9. The fraction of sp³-hybridized carbons (Fsp3) is 0.389. The second-order valence-electron chi connectivity index (χ2n) is 6.11. The lowest BCUT2D eigenvalue weighted by Crippen LogP contribution is -2.44. The zero-order valence-corrected chi connectivity index (χ0v) is 15.0. The Balaban J connectivity index is 2.07. The third-order valence-electron chi connectivity index (χ3n) is 3.62. The van der Waals surface area contributed by atoms with Crippen molar-refractivity contribution in [2.45, 2.75) is 39.8 Å². The number of halogens is 1. The van der Waals surface area contributed by atoms with E-state index >= 15 is 0 Å². The van der Waals surface area contributed by atoms with Gasteiger partial charge in [-0.15, -0.1) is 0 Å². The number of esters is 1. The van der Waals surface area contributed by atoms with Crippen molar-refractivity contribution < 1.29 is 14.3 Å². The summed E-state index contributed by atoms with van der Waals surface area (Å²) in [5.74, 6) is -0.741. The summed E-state index contributed by atoms with van der Waals surface area (Å²) in [5, 5.41) is 1.18. The van der Waals surface area contributed by atoms with E-state index in [1.165, 1.54) is 0 Å². The minimum absolute atomic E-state index is 0.0488. The largest absolute Gasteiger partial charge is 0.452 e. The van der Waals surface area contributed by atoms with Crippen LogP contribution >= 0.6 is 11.6 Å². The Morgan fingerprint density at radius 2 is 1.79 bits per heavy atom. The molecule has 24 heavy (non-hydrogen) atoms. The molecule has 0 N–H and O–H groups in total. The second-order valence-corrected chi connectivity index (χ2v) is 6.49. The van der Waals surface area contributed by atoms with Gasteiger partial charge >= 0.3 is 5.97 Å². The Morgan fingerprint density at radius 1 is 1.12 bits per heavy atom. The standard InChI is InChI=1S/C18H21ClN2O3/c1-11(2)21(12(3)4)17(22)10-24-18(23)14-5-7-15-13(9-14)6-8-16(19)20-15/h5-9,11-12H,10H2,1-4H3. The first kappa shape index (κ1) is 18.2. The van der Waals surface area contributed by atoms with E-state index < -0.39 is 5.97 Å². The molecule has 0 fully saturated rings. The van der Waals surface area contributed by atoms with Gasteiger partial charge in [0, 0.05) is 17.5 Å². The third-order valence-corrected chi connectivity index (χ3v) is 3.83. The highest BCUT2D eigenvalue weighted by atomic mass is 35.5. The Bertz CT molecular complexity index is 751. The van der Waals surface area contributed by atoms with E-state index in [0.717, 1.165) is 5.39 Å². The molecule has 0 bridgehead atoms. The van der Waals surface area contributed by atoms with Crippen LogP contribution in [-0.4, -0.2) is 40.5 Å². The summed E-state index contributed by atoms with van der Waals surface area (Å²) < 4.78 is 5.17. The summed E-state index contributed by atoms with van der Waals surface area (Å²) in [4.78, 5) is 30.3. The first-order valence-electron chi connectivity index (χ1n) is 7.84. The van der Waals surface area contributed by atoms with Crippen LogP contribution in [0.1, 0.15) is 38.1 Å². The van der Waals surface area contributed by atoms with Crippen LogP contribution in [0, 0.1) is 0 Å². The Morgan fingerprint density at radius 3 is 2.42 bits per heavy atom. The van der Waals surface area contributed by atoms with Crippen LogP contribution in [0.3, 0.4) is 0 Å². The molecule has 0 spiro atoms. The van der Waals surface area contributed by atoms with Crippen molar-refractivity contribution in [1.29, 1.82) is 0 Å². The predicted molar refractivity (Wildman–Crippen MR) is 94.2 cm³/mol. The van der Waals surface area contributed by atoms with Gasteiger partial charge in [-0.1, -0.05) is 11.6 Å². The minimum Gasteiger partial charge on any atom is -0.452 e. The van der Waals surface area contributed by atoms with Crippen molar-refractivity contribution >= 4 is 34.4 Å². The van der Waals surface area contributed by atoms with E-state index in [0.29, 0.717) is 16.2 Å². The molecule has 1 aromatic carbocycles. The lowest BCUT2D eigenvalue weighted by Gasteiger charge is -2.30. The Kier molecular flexibility index (Phi) is 5.78. The third kappa shape index (κ3) is 4.23. The summed E-state index contributed by atoms with van der Waals surface area (Å²) >= 11 is 5.84. The summed E-state index contributed by atoms with van der Waals surface area (Å²) in [6, 6.07) is 8.53. The lowest BCUT2D eigenvalue weighted by atomic mass is 10.1. The maximum Gasteiger partial charge on any atom is 0.338 e. The molecule has 6 heteroatoms. The van der Waals surface area contributed by atoms with E-state index in [2.05, 4.69) is 4.98 Å². The van der Waals surface area contributed by atoms with Crippen LogP contribution < -0.4 is 0 Å². The number of pyridine rings is 1. The number of benzene rings is 1. The van der Waals surface area contributed by atoms with Gasteiger partial charge in [-0.05, 0) is 58.0 Å². The van der Waals surface area contributed by atoms with E-state index in [4.69, 9.17) is 16.3 Å². The number of rotatable bonds is 5. The first-order valence-corrected chi connectivity index (χ1v) is 8.22. The number of nitrogens with zero attached hydrogens (tertiary/aromatic N) is 2. The zero-order valence-electron chi connectivity index (χ0n) is 14.2. The number of aromatic nitrogens is 1. The number of hydrogen-bond donors (Lipinski definition) is 0. The number of carbonyl (C=O) groups is 2. The van der Waals surface area contributed by atoms with Gasteiger partial charge in [0.15, 0.2) is 6.61 Å². The molecule has 0 aliphatic heterocycles. The smallest absolute Gasteiger partial charge is 0.338 e. The average molecular weight is 349 g/mol. The van der Waals surface area contributed by atoms with Crippen molar-refractivity contribution in [1.82, 2.24) is 9.88 Å². The molecule has 0 aliphatic carbocycles. The normalized spacial score (nSPS) is 11.1. The average Bonchev–Trinajstić information content (AvgIpc) is 2.51. The van der Waals surface area contributed by atoms with E-state index in [9.17, 15) is 9.59 Å². The van der Waals surface area contributed by atoms with Gasteiger partial charge in [-0.25, -0.2) is 9.78 Å². The Labute approximate surface area is 146 Å². The molecular formula is C18H21ClN2O3. The number of carbonyl (C=O) groups excluding carboxylic acids is 2. The molecule has 2 rings (SSSR count). The molecule has 0 saturated carbocycles. The van der Waals surface area contributed by atoms with Crippen LogP contribution in [0.2, 0.25) is 5.15 Å². The van der Waals surface area contributed by atoms with Gasteiger partial charge < -0.3 is 9.64 Å². The molecule has 5 nitrogen and oxygen atoms in total. The lowest BCUT2D eigenvalue weighted by molar-refractivity contribution is -0.138. The van der Waals surface area contributed by atoms with E-state index in [1.54, 1.807) is 35.2 Å². The quantitative estimate of drug-likeness (QED) is 0.610. The van der Waals surface area contributed by atoms with Crippen molar-refractivity contribution in [2.75, 3.05) is 6.61 Å². The minimum atomic E-state index is -0.535. The molecule has 0 atom stereocenters. The topological polar surface area (TPSA) is 59.5 Å². The molecule has 1 aromatic heterocycles. The van der Waals surface area contributed by atoms with Crippen LogP contribution in [0.4, 0.5) is 0 Å². The molecule has 0 saturated heterocycles. The molecule has 0 unspecified atom stereocenters. The highest BCUT2D eigenvalue weighted by molar-refractivity contribution is 6.29. The molecule has 0 radical (unpaired) electrons. The van der Waals surface area contributed by atoms with Crippen LogP contribution in [0.25, 0.3) is 10.9 Å². The fourth-order valence-corrected chi connectivity index (χ4v) is 2.84. The summed E-state index contributed by atoms with van der Waals surface area (Å²) in [6.45, 7) is 7.46. The van der Waals surface area contributed by atoms with E-state index in [-0.39, 0.29) is 24.6 Å². The van der Waals surface area contributed by atoms with Crippen LogP contribution in [0.15, 0.2) is 30.3 Å². The van der Waals surface area contributed by atoms with Crippen LogP contribution in [-0.2, 0) is 9.53 Å². The van der Waals surface area contributed by atoms with Gasteiger partial charge in [0.2, 0.25) is 0 Å². The van der Waals surface area contributed by atoms with E-state index in [1.807, 2.05) is 27.7 Å². The maximum absolute atomic E-state index is 12.2. The molecule has 0 aliphatic rings. The van der Waals surface area contributed by atoms with Gasteiger partial charge in [-0.3, -0.25) is 4.79 Å². The summed E-state index contributed by atoms with van der Waals surface area (Å²) in [6.07, 6.45) is 0. The number of ether oxygens (including phenoxy) is 1. The Hall–Kier alpha value is -2.14. The number of amides is 1. The fourth-order valence-electron chi connectivity index (χ4n) is 2.69. The summed E-state index contributed by atoms with van der Waals surface area (Å²) in [7, 11) is 0. The van der Waals surface area contributed by atoms with Crippen molar-refractivity contribution in [3.63, 3.8) is 0 Å². The number of hydrogen-bond acceptors (Lipinski definition) is 4. The van der Waals surface area contributed by atoms with Crippen molar-refractivity contribution in [3.8, 4) is 0 Å². The van der Waals surface area contributed by atoms with Gasteiger partial charge in [0.1, 0.15) is 5.15 Å². The van der Waals surface area contributed by atoms with Crippen LogP contribution in [0.5, 0.6) is 0 Å². The van der Waals surface area contributed by atoms with Crippen molar-refractivity contribution in [3.05, 3.63) is 41.0 Å². The molecule has 2 aromatic rings. The SMILES string of the molecule is CC(C)N(C(=O)COC(=O)c1ccc2nc(Cl)ccc2c1)C(C)C. The van der Waals surface area contributed by atoms with Crippen molar-refractivity contribution in [2.24, 2.45) is 0 Å². The summed E-state index contributed by atoms with van der Waals surface area (Å²) in [5.41, 5.74) is 1.07. The monoisotopic (exact) mass is 348 g/mol. The highest BCUT2D eigenvalue weighted by Gasteiger charge is 2.21. The molecule has 128 valence electrons. The number of fused-ring (bicyclic) bond motifs is 1. The highest BCUT2D eigenvalue weighted by Crippen LogP contribution is 2.17. The predicted octanol–water partition coefficient (Wildman–Crippen LogP) is 3.69. The van der Waals surface area contributed by atoms with Gasteiger partial charge in [0.25, 0.3) is 5.91 Å². The second kappa shape index (κ2) is 7.62. The molecule has 1 heterocycles. The van der Waals surface area contributed by atoms with Gasteiger partial charge in [0.05, 0.1) is 11.1 Å². The molecular weight excluding hydrogens is 328 g/mol. The molecule has 1 amide bonds.